The molecule has 2 amide bonds. The molecule has 1 aliphatic rings. The highest BCUT2D eigenvalue weighted by Gasteiger charge is 2.39. The number of ether oxygens (including phenoxy) is 1. The zero-order valence-corrected chi connectivity index (χ0v) is 19.8. The number of hydrogen-bond acceptors (Lipinski definition) is 8. The van der Waals surface area contributed by atoms with Gasteiger partial charge in [0.1, 0.15) is 16.8 Å². The molecule has 180 valence electrons. The van der Waals surface area contributed by atoms with Gasteiger partial charge in [-0.3, -0.25) is 24.6 Å². The lowest BCUT2D eigenvalue weighted by molar-refractivity contribution is -0.384. The van der Waals surface area contributed by atoms with Crippen LogP contribution >= 0.6 is 11.8 Å². The Labute approximate surface area is 205 Å². The second kappa shape index (κ2) is 10.4. The Kier molecular flexibility index (Phi) is 7.16. The van der Waals surface area contributed by atoms with Crippen LogP contribution in [0.5, 0.6) is 5.75 Å². The van der Waals surface area contributed by atoms with Crippen molar-refractivity contribution < 1.29 is 23.7 Å². The molecule has 0 spiro atoms. The first kappa shape index (κ1) is 24.0. The zero-order valence-electron chi connectivity index (χ0n) is 19.0. The number of carbonyl (C=O) groups is 2. The van der Waals surface area contributed by atoms with Crippen LogP contribution < -0.4 is 10.1 Å². The summed E-state index contributed by atoms with van der Waals surface area (Å²) in [7, 11) is 1.40. The number of furan rings is 1. The van der Waals surface area contributed by atoms with E-state index in [-0.39, 0.29) is 36.0 Å². The number of hydrogen-bond donors (Lipinski definition) is 1. The van der Waals surface area contributed by atoms with Crippen LogP contribution in [0.4, 0.5) is 17.1 Å². The molecule has 1 fully saturated rings. The molecule has 0 aliphatic carbocycles. The minimum atomic E-state index is -0.724. The van der Waals surface area contributed by atoms with E-state index in [2.05, 4.69) is 10.3 Å². The monoisotopic (exact) mass is 494 g/mol. The maximum absolute atomic E-state index is 13.2. The normalized spacial score (nSPS) is 16.5. The van der Waals surface area contributed by atoms with E-state index < -0.39 is 16.1 Å². The number of amidine groups is 1. The van der Waals surface area contributed by atoms with Crippen LogP contribution in [0.3, 0.4) is 0 Å². The number of carbonyl (C=O) groups excluding carboxylic acids is 2. The fourth-order valence-electron chi connectivity index (χ4n) is 3.51. The van der Waals surface area contributed by atoms with E-state index in [9.17, 15) is 19.7 Å². The molecule has 3 aromatic rings. The van der Waals surface area contributed by atoms with Crippen molar-refractivity contribution in [2.24, 2.45) is 4.99 Å². The van der Waals surface area contributed by atoms with E-state index in [0.29, 0.717) is 16.6 Å². The quantitative estimate of drug-likeness (QED) is 0.356. The number of nitrogens with one attached hydrogen (secondary N) is 1. The standard InChI is InChI=1S/C24H22N4O6S/c1-15-5-3-6-16(11-15)25-24-27(14-18-7-4-10-34-18)23(30)21(35-24)13-22(29)26-19-12-17(28(31)32)8-9-20(19)33-2/h3-12,21H,13-14H2,1-2H3,(H,26,29). The number of methoxy groups -OCH3 is 1. The lowest BCUT2D eigenvalue weighted by Gasteiger charge is -2.15. The average Bonchev–Trinajstić information content (AvgIpc) is 3.43. The molecule has 0 bridgehead atoms. The molecule has 1 unspecified atom stereocenters. The number of anilines is 1. The summed E-state index contributed by atoms with van der Waals surface area (Å²) in [5.74, 6) is 0.0983. The molecule has 1 aromatic heterocycles. The number of nitro groups is 1. The summed E-state index contributed by atoms with van der Waals surface area (Å²) in [5.41, 5.74) is 1.68. The van der Waals surface area contributed by atoms with Crippen LogP contribution in [-0.4, -0.2) is 39.2 Å². The topological polar surface area (TPSA) is 127 Å². The number of aliphatic imine (C=N–C) groups is 1. The number of nitrogens with zero attached hydrogens (tertiary/aromatic N) is 3. The van der Waals surface area contributed by atoms with Gasteiger partial charge in [-0.05, 0) is 42.8 Å². The molecular formula is C24H22N4O6S. The van der Waals surface area contributed by atoms with Crippen molar-refractivity contribution in [1.29, 1.82) is 0 Å². The van der Waals surface area contributed by atoms with E-state index in [1.165, 1.54) is 48.2 Å². The van der Waals surface area contributed by atoms with Gasteiger partial charge in [-0.25, -0.2) is 4.99 Å². The van der Waals surface area contributed by atoms with Gasteiger partial charge in [0.2, 0.25) is 11.8 Å². The molecule has 1 aliphatic heterocycles. The zero-order chi connectivity index (χ0) is 24.9. The lowest BCUT2D eigenvalue weighted by Crippen LogP contribution is -2.33. The Morgan fingerprint density at radius 1 is 1.26 bits per heavy atom. The van der Waals surface area contributed by atoms with E-state index in [1.54, 1.807) is 12.1 Å². The molecular weight excluding hydrogens is 472 g/mol. The molecule has 4 rings (SSSR count). The summed E-state index contributed by atoms with van der Waals surface area (Å²) in [4.78, 5) is 42.8. The molecule has 1 N–H and O–H groups in total. The Balaban J connectivity index is 1.55. The Morgan fingerprint density at radius 2 is 2.09 bits per heavy atom. The highest BCUT2D eigenvalue weighted by molar-refractivity contribution is 8.15. The molecule has 2 aromatic carbocycles. The van der Waals surface area contributed by atoms with E-state index in [0.717, 1.165) is 5.56 Å². The first-order chi connectivity index (χ1) is 16.8. The highest BCUT2D eigenvalue weighted by atomic mass is 32.2. The molecule has 10 nitrogen and oxygen atoms in total. The maximum Gasteiger partial charge on any atom is 0.271 e. The van der Waals surface area contributed by atoms with Gasteiger partial charge in [-0.2, -0.15) is 0 Å². The van der Waals surface area contributed by atoms with Gasteiger partial charge in [0.05, 0.1) is 36.2 Å². The predicted octanol–water partition coefficient (Wildman–Crippen LogP) is 4.67. The molecule has 1 atom stereocenters. The average molecular weight is 495 g/mol. The van der Waals surface area contributed by atoms with Crippen molar-refractivity contribution in [3.05, 3.63) is 82.3 Å². The van der Waals surface area contributed by atoms with Crippen LogP contribution in [0.1, 0.15) is 17.7 Å². The number of thioether (sulfide) groups is 1. The molecule has 35 heavy (non-hydrogen) atoms. The number of rotatable bonds is 8. The van der Waals surface area contributed by atoms with Gasteiger partial charge in [-0.1, -0.05) is 23.9 Å². The van der Waals surface area contributed by atoms with Gasteiger partial charge < -0.3 is 14.5 Å². The molecule has 1 saturated heterocycles. The van der Waals surface area contributed by atoms with Crippen molar-refractivity contribution in [3.8, 4) is 5.75 Å². The summed E-state index contributed by atoms with van der Waals surface area (Å²) in [5, 5.41) is 13.5. The van der Waals surface area contributed by atoms with Crippen molar-refractivity contribution in [2.75, 3.05) is 12.4 Å². The van der Waals surface area contributed by atoms with E-state index >= 15 is 0 Å². The first-order valence-corrected chi connectivity index (χ1v) is 11.5. The molecule has 0 saturated carbocycles. The molecule has 11 heteroatoms. The van der Waals surface area contributed by atoms with Gasteiger partial charge in [0.15, 0.2) is 5.17 Å². The van der Waals surface area contributed by atoms with Gasteiger partial charge in [0, 0.05) is 18.6 Å². The Bertz CT molecular complexity index is 1290. The summed E-state index contributed by atoms with van der Waals surface area (Å²) >= 11 is 1.19. The highest BCUT2D eigenvalue weighted by Crippen LogP contribution is 2.34. The number of non-ortho nitro benzene ring substituents is 1. The smallest absolute Gasteiger partial charge is 0.271 e. The third kappa shape index (κ3) is 5.69. The number of benzene rings is 2. The van der Waals surface area contributed by atoms with Crippen LogP contribution in [0, 0.1) is 17.0 Å². The number of amides is 2. The second-order valence-corrected chi connectivity index (χ2v) is 8.91. The largest absolute Gasteiger partial charge is 0.495 e. The van der Waals surface area contributed by atoms with Crippen LogP contribution in [0.2, 0.25) is 0 Å². The minimum Gasteiger partial charge on any atom is -0.495 e. The van der Waals surface area contributed by atoms with Crippen LogP contribution in [0.15, 0.2) is 70.3 Å². The molecule has 2 heterocycles. The van der Waals surface area contributed by atoms with E-state index in [4.69, 9.17) is 9.15 Å². The van der Waals surface area contributed by atoms with Crippen molar-refractivity contribution in [2.45, 2.75) is 25.1 Å². The third-order valence-electron chi connectivity index (χ3n) is 5.18. The van der Waals surface area contributed by atoms with Crippen LogP contribution in [0.25, 0.3) is 0 Å². The Hall–Kier alpha value is -4.12. The summed E-state index contributed by atoms with van der Waals surface area (Å²) in [6, 6.07) is 15.0. The SMILES string of the molecule is COc1ccc([N+](=O)[O-])cc1NC(=O)CC1SC(=Nc2cccc(C)c2)N(Cc2ccco2)C1=O. The third-order valence-corrected chi connectivity index (χ3v) is 6.35. The van der Waals surface area contributed by atoms with Crippen LogP contribution in [-0.2, 0) is 16.1 Å². The number of nitro benzene ring substituents is 1. The molecule has 0 radical (unpaired) electrons. The summed E-state index contributed by atoms with van der Waals surface area (Å²) in [6.07, 6.45) is 1.37. The number of aryl methyl sites for hydroxylation is 1. The first-order valence-electron chi connectivity index (χ1n) is 10.6. The van der Waals surface area contributed by atoms with Gasteiger partial charge >= 0.3 is 0 Å². The van der Waals surface area contributed by atoms with Gasteiger partial charge in [-0.15, -0.1) is 0 Å². The van der Waals surface area contributed by atoms with Gasteiger partial charge in [0.25, 0.3) is 5.69 Å². The van der Waals surface area contributed by atoms with Crippen molar-refractivity contribution in [3.63, 3.8) is 0 Å². The lowest BCUT2D eigenvalue weighted by atomic mass is 10.2. The van der Waals surface area contributed by atoms with Crippen molar-refractivity contribution in [1.82, 2.24) is 4.90 Å². The summed E-state index contributed by atoms with van der Waals surface area (Å²) in [6.45, 7) is 2.13. The second-order valence-electron chi connectivity index (χ2n) is 7.74. The Morgan fingerprint density at radius 3 is 2.77 bits per heavy atom. The minimum absolute atomic E-state index is 0.156. The van der Waals surface area contributed by atoms with E-state index in [1.807, 2.05) is 31.2 Å². The maximum atomic E-state index is 13.2. The fourth-order valence-corrected chi connectivity index (χ4v) is 4.67. The van der Waals surface area contributed by atoms with Crippen molar-refractivity contribution >= 4 is 45.8 Å². The summed E-state index contributed by atoms with van der Waals surface area (Å²) < 4.78 is 10.6. The predicted molar refractivity (Wildman–Crippen MR) is 132 cm³/mol. The fraction of sp³-hybridized carbons (Fsp3) is 0.208.